The van der Waals surface area contributed by atoms with Crippen LogP contribution in [0.4, 0.5) is 11.6 Å². The number of nitro benzene ring substituents is 1. The number of carbonyl (C=O) groups excluding carboxylic acids is 1. The van der Waals surface area contributed by atoms with Crippen molar-refractivity contribution in [3.8, 4) is 0 Å². The SMILES string of the molecule is O=C(Nc1ncc(Br)cn1)c1ccc(Cl)c([N+](=O)[O-])c1. The predicted octanol–water partition coefficient (Wildman–Crippen LogP) is 3.05. The minimum absolute atomic E-state index is 0.0357. The Morgan fingerprint density at radius 3 is 2.60 bits per heavy atom. The van der Waals surface area contributed by atoms with E-state index in [0.717, 1.165) is 6.07 Å². The molecule has 7 nitrogen and oxygen atoms in total. The van der Waals surface area contributed by atoms with Crippen molar-refractivity contribution >= 4 is 45.1 Å². The van der Waals surface area contributed by atoms with Gasteiger partial charge in [0.05, 0.1) is 9.40 Å². The molecule has 0 unspecified atom stereocenters. The molecule has 102 valence electrons. The van der Waals surface area contributed by atoms with Crippen molar-refractivity contribution in [1.82, 2.24) is 9.97 Å². The smallest absolute Gasteiger partial charge is 0.288 e. The molecule has 1 N–H and O–H groups in total. The summed E-state index contributed by atoms with van der Waals surface area (Å²) in [6, 6.07) is 3.76. The number of aromatic nitrogens is 2. The quantitative estimate of drug-likeness (QED) is 0.672. The number of amides is 1. The summed E-state index contributed by atoms with van der Waals surface area (Å²) in [5.41, 5.74) is -0.247. The lowest BCUT2D eigenvalue weighted by atomic mass is 10.2. The molecule has 1 aromatic carbocycles. The van der Waals surface area contributed by atoms with Crippen molar-refractivity contribution in [3.05, 3.63) is 55.8 Å². The molecule has 0 spiro atoms. The van der Waals surface area contributed by atoms with E-state index in [9.17, 15) is 14.9 Å². The van der Waals surface area contributed by atoms with E-state index in [4.69, 9.17) is 11.6 Å². The highest BCUT2D eigenvalue weighted by atomic mass is 79.9. The fraction of sp³-hybridized carbons (Fsp3) is 0. The lowest BCUT2D eigenvalue weighted by Crippen LogP contribution is -2.14. The van der Waals surface area contributed by atoms with Gasteiger partial charge in [0.25, 0.3) is 11.6 Å². The third-order valence-corrected chi connectivity index (χ3v) is 2.98. The van der Waals surface area contributed by atoms with Gasteiger partial charge >= 0.3 is 0 Å². The fourth-order valence-corrected chi connectivity index (χ4v) is 1.74. The number of carbonyl (C=O) groups is 1. The first-order valence-electron chi connectivity index (χ1n) is 5.20. The third-order valence-electron chi connectivity index (χ3n) is 2.25. The van der Waals surface area contributed by atoms with Crippen LogP contribution in [-0.2, 0) is 0 Å². The first kappa shape index (κ1) is 14.4. The first-order valence-corrected chi connectivity index (χ1v) is 6.37. The molecule has 0 radical (unpaired) electrons. The minimum Gasteiger partial charge on any atom is -0.290 e. The normalized spacial score (nSPS) is 10.1. The molecule has 9 heteroatoms. The van der Waals surface area contributed by atoms with Crippen LogP contribution in [0.5, 0.6) is 0 Å². The van der Waals surface area contributed by atoms with E-state index in [2.05, 4.69) is 31.2 Å². The van der Waals surface area contributed by atoms with Crippen LogP contribution in [0, 0.1) is 10.1 Å². The molecule has 2 rings (SSSR count). The number of nitrogens with zero attached hydrogens (tertiary/aromatic N) is 3. The van der Waals surface area contributed by atoms with Crippen molar-refractivity contribution in [2.45, 2.75) is 0 Å². The zero-order chi connectivity index (χ0) is 14.7. The van der Waals surface area contributed by atoms with Gasteiger partial charge in [-0.05, 0) is 28.1 Å². The van der Waals surface area contributed by atoms with E-state index in [1.54, 1.807) is 0 Å². The number of nitro groups is 1. The third kappa shape index (κ3) is 3.28. The zero-order valence-electron chi connectivity index (χ0n) is 9.71. The summed E-state index contributed by atoms with van der Waals surface area (Å²) in [4.78, 5) is 29.7. The summed E-state index contributed by atoms with van der Waals surface area (Å²) in [6.45, 7) is 0. The summed E-state index contributed by atoms with van der Waals surface area (Å²) in [5.74, 6) is -0.470. The average molecular weight is 358 g/mol. The van der Waals surface area contributed by atoms with E-state index in [-0.39, 0.29) is 22.2 Å². The number of halogens is 2. The van der Waals surface area contributed by atoms with Crippen molar-refractivity contribution in [3.63, 3.8) is 0 Å². The van der Waals surface area contributed by atoms with Gasteiger partial charge in [-0.15, -0.1) is 0 Å². The summed E-state index contributed by atoms with van der Waals surface area (Å²) in [7, 11) is 0. The van der Waals surface area contributed by atoms with Gasteiger partial charge in [-0.2, -0.15) is 0 Å². The molecule has 1 heterocycles. The van der Waals surface area contributed by atoms with Crippen molar-refractivity contribution in [1.29, 1.82) is 0 Å². The number of hydrogen-bond donors (Lipinski definition) is 1. The first-order chi connectivity index (χ1) is 9.47. The average Bonchev–Trinajstić information content (AvgIpc) is 2.41. The minimum atomic E-state index is -0.657. The van der Waals surface area contributed by atoms with Crippen molar-refractivity contribution < 1.29 is 9.72 Å². The van der Waals surface area contributed by atoms with Gasteiger partial charge in [0.15, 0.2) is 0 Å². The number of anilines is 1. The molecule has 0 fully saturated rings. The Morgan fingerprint density at radius 2 is 2.00 bits per heavy atom. The van der Waals surface area contributed by atoms with Gasteiger partial charge in [-0.3, -0.25) is 20.2 Å². The monoisotopic (exact) mass is 356 g/mol. The van der Waals surface area contributed by atoms with E-state index in [1.807, 2.05) is 0 Å². The molecular weight excluding hydrogens is 352 g/mol. The molecule has 0 aliphatic carbocycles. The second kappa shape index (κ2) is 5.93. The Morgan fingerprint density at radius 1 is 1.35 bits per heavy atom. The van der Waals surface area contributed by atoms with E-state index < -0.39 is 10.8 Å². The molecule has 20 heavy (non-hydrogen) atoms. The van der Waals surface area contributed by atoms with Crippen molar-refractivity contribution in [2.75, 3.05) is 5.32 Å². The zero-order valence-corrected chi connectivity index (χ0v) is 12.1. The molecule has 0 atom stereocenters. The second-order valence-electron chi connectivity index (χ2n) is 3.60. The standard InChI is InChI=1S/C11H6BrClN4O3/c12-7-4-14-11(15-5-7)16-10(18)6-1-2-8(13)9(3-6)17(19)20/h1-5H,(H,14,15,16,18). The molecule has 0 bridgehead atoms. The summed E-state index contributed by atoms with van der Waals surface area (Å²) >= 11 is 8.83. The molecule has 0 aliphatic rings. The Balaban J connectivity index is 2.23. The number of nitrogens with one attached hydrogen (secondary N) is 1. The number of rotatable bonds is 3. The van der Waals surface area contributed by atoms with E-state index >= 15 is 0 Å². The molecule has 2 aromatic rings. The van der Waals surface area contributed by atoms with Gasteiger partial charge in [-0.1, -0.05) is 11.6 Å². The van der Waals surface area contributed by atoms with Gasteiger partial charge in [0, 0.05) is 24.0 Å². The van der Waals surface area contributed by atoms with E-state index in [0.29, 0.717) is 4.47 Å². The lowest BCUT2D eigenvalue weighted by molar-refractivity contribution is -0.384. The molecule has 1 amide bonds. The van der Waals surface area contributed by atoms with Gasteiger partial charge in [0.1, 0.15) is 5.02 Å². The number of hydrogen-bond acceptors (Lipinski definition) is 5. The fourth-order valence-electron chi connectivity index (χ4n) is 1.34. The molecular formula is C11H6BrClN4O3. The van der Waals surface area contributed by atoms with Crippen molar-refractivity contribution in [2.24, 2.45) is 0 Å². The van der Waals surface area contributed by atoms with E-state index in [1.165, 1.54) is 24.5 Å². The molecule has 0 aliphatic heterocycles. The van der Waals surface area contributed by atoms with Crippen LogP contribution in [0.25, 0.3) is 0 Å². The van der Waals surface area contributed by atoms with Crippen LogP contribution in [0.15, 0.2) is 35.1 Å². The predicted molar refractivity (Wildman–Crippen MR) is 75.8 cm³/mol. The largest absolute Gasteiger partial charge is 0.290 e. The van der Waals surface area contributed by atoms with Gasteiger partial charge < -0.3 is 0 Å². The maximum Gasteiger partial charge on any atom is 0.288 e. The van der Waals surface area contributed by atoms with Crippen LogP contribution < -0.4 is 5.32 Å². The summed E-state index contributed by atoms with van der Waals surface area (Å²) in [5, 5.41) is 13.1. The lowest BCUT2D eigenvalue weighted by Gasteiger charge is -2.04. The summed E-state index contributed by atoms with van der Waals surface area (Å²) < 4.78 is 0.664. The maximum atomic E-state index is 11.9. The Hall–Kier alpha value is -2.06. The van der Waals surface area contributed by atoms with Crippen LogP contribution in [0.2, 0.25) is 5.02 Å². The molecule has 0 saturated heterocycles. The highest BCUT2D eigenvalue weighted by Gasteiger charge is 2.16. The summed E-state index contributed by atoms with van der Waals surface area (Å²) in [6.07, 6.45) is 2.93. The van der Waals surface area contributed by atoms with Crippen LogP contribution >= 0.6 is 27.5 Å². The maximum absolute atomic E-state index is 11.9. The Kier molecular flexibility index (Phi) is 4.26. The highest BCUT2D eigenvalue weighted by molar-refractivity contribution is 9.10. The topological polar surface area (TPSA) is 98.0 Å². The molecule has 1 aromatic heterocycles. The molecule has 0 saturated carbocycles. The van der Waals surface area contributed by atoms with Crippen LogP contribution in [0.1, 0.15) is 10.4 Å². The van der Waals surface area contributed by atoms with Crippen LogP contribution in [0.3, 0.4) is 0 Å². The Labute approximate surface area is 126 Å². The second-order valence-corrected chi connectivity index (χ2v) is 4.93. The Bertz CT molecular complexity index is 678. The van der Waals surface area contributed by atoms with Crippen LogP contribution in [-0.4, -0.2) is 20.8 Å². The van der Waals surface area contributed by atoms with Gasteiger partial charge in [0.2, 0.25) is 5.95 Å². The number of benzene rings is 1. The van der Waals surface area contributed by atoms with Gasteiger partial charge in [-0.25, -0.2) is 9.97 Å². The highest BCUT2D eigenvalue weighted by Crippen LogP contribution is 2.25.